The van der Waals surface area contributed by atoms with Crippen molar-refractivity contribution in [2.45, 2.75) is 31.8 Å². The first kappa shape index (κ1) is 11.4. The van der Waals surface area contributed by atoms with Gasteiger partial charge in [-0.25, -0.2) is 0 Å². The number of fused-ring (bicyclic) bond motifs is 1. The molecule has 1 fully saturated rings. The first-order valence-corrected chi connectivity index (χ1v) is 6.53. The van der Waals surface area contributed by atoms with Crippen LogP contribution in [0.4, 0.5) is 5.69 Å². The van der Waals surface area contributed by atoms with E-state index >= 15 is 0 Å². The fourth-order valence-corrected chi connectivity index (χ4v) is 2.60. The summed E-state index contributed by atoms with van der Waals surface area (Å²) >= 11 is 0. The standard InChI is InChI=1S/C14H18N4/c1-10-8-11(6-7-15-10)17-14-9-16-18-13-5-3-2-4-12(13)14/h2-5,9-11,15H,6-8H2,1H3,(H,17,18). The fourth-order valence-electron chi connectivity index (χ4n) is 2.60. The highest BCUT2D eigenvalue weighted by molar-refractivity contribution is 5.90. The number of nitrogens with zero attached hydrogens (tertiary/aromatic N) is 2. The second-order valence-electron chi connectivity index (χ2n) is 5.00. The summed E-state index contributed by atoms with van der Waals surface area (Å²) in [5.41, 5.74) is 2.05. The van der Waals surface area contributed by atoms with Crippen LogP contribution in [0.25, 0.3) is 10.9 Å². The minimum Gasteiger partial charge on any atom is -0.380 e. The van der Waals surface area contributed by atoms with Gasteiger partial charge < -0.3 is 10.6 Å². The van der Waals surface area contributed by atoms with Crippen LogP contribution in [0.2, 0.25) is 0 Å². The normalized spacial score (nSPS) is 24.1. The molecule has 0 bridgehead atoms. The van der Waals surface area contributed by atoms with E-state index in [1.54, 1.807) is 0 Å². The number of hydrogen-bond acceptors (Lipinski definition) is 4. The van der Waals surface area contributed by atoms with Crippen LogP contribution in [0, 0.1) is 0 Å². The Labute approximate surface area is 107 Å². The summed E-state index contributed by atoms with van der Waals surface area (Å²) < 4.78 is 0. The van der Waals surface area contributed by atoms with E-state index in [0.29, 0.717) is 12.1 Å². The molecule has 0 saturated carbocycles. The molecule has 94 valence electrons. The van der Waals surface area contributed by atoms with Crippen LogP contribution in [0.1, 0.15) is 19.8 Å². The molecule has 0 aliphatic carbocycles. The van der Waals surface area contributed by atoms with E-state index < -0.39 is 0 Å². The number of aromatic nitrogens is 2. The molecule has 1 saturated heterocycles. The molecular weight excluding hydrogens is 224 g/mol. The summed E-state index contributed by atoms with van der Waals surface area (Å²) in [6.45, 7) is 3.31. The van der Waals surface area contributed by atoms with E-state index in [1.165, 1.54) is 0 Å². The number of nitrogens with one attached hydrogen (secondary N) is 2. The SMILES string of the molecule is CC1CC(Nc2cnnc3ccccc23)CCN1. The molecule has 2 unspecified atom stereocenters. The van der Waals surface area contributed by atoms with Crippen LogP contribution in [-0.4, -0.2) is 28.8 Å². The summed E-state index contributed by atoms with van der Waals surface area (Å²) in [4.78, 5) is 0. The first-order valence-electron chi connectivity index (χ1n) is 6.53. The van der Waals surface area contributed by atoms with Gasteiger partial charge in [-0.2, -0.15) is 10.2 Å². The largest absolute Gasteiger partial charge is 0.380 e. The van der Waals surface area contributed by atoms with Crippen LogP contribution >= 0.6 is 0 Å². The molecule has 2 atom stereocenters. The topological polar surface area (TPSA) is 49.8 Å². The molecule has 1 aliphatic rings. The summed E-state index contributed by atoms with van der Waals surface area (Å²) in [6.07, 6.45) is 4.13. The number of hydrogen-bond donors (Lipinski definition) is 2. The smallest absolute Gasteiger partial charge is 0.0950 e. The Morgan fingerprint density at radius 3 is 3.11 bits per heavy atom. The van der Waals surface area contributed by atoms with Gasteiger partial charge >= 0.3 is 0 Å². The van der Waals surface area contributed by atoms with Gasteiger partial charge in [-0.3, -0.25) is 0 Å². The summed E-state index contributed by atoms with van der Waals surface area (Å²) in [7, 11) is 0. The second kappa shape index (κ2) is 4.90. The molecule has 4 nitrogen and oxygen atoms in total. The third-order valence-electron chi connectivity index (χ3n) is 3.53. The van der Waals surface area contributed by atoms with Crippen LogP contribution in [0.15, 0.2) is 30.5 Å². The molecule has 4 heteroatoms. The van der Waals surface area contributed by atoms with E-state index in [4.69, 9.17) is 0 Å². The molecule has 0 spiro atoms. The molecule has 2 aromatic rings. The van der Waals surface area contributed by atoms with Crippen LogP contribution in [0.3, 0.4) is 0 Å². The number of anilines is 1. The highest BCUT2D eigenvalue weighted by Crippen LogP contribution is 2.22. The fraction of sp³-hybridized carbons (Fsp3) is 0.429. The van der Waals surface area contributed by atoms with Gasteiger partial charge in [0.1, 0.15) is 0 Å². The molecule has 18 heavy (non-hydrogen) atoms. The number of benzene rings is 1. The Morgan fingerprint density at radius 1 is 1.33 bits per heavy atom. The van der Waals surface area contributed by atoms with Crippen molar-refractivity contribution in [2.75, 3.05) is 11.9 Å². The van der Waals surface area contributed by atoms with Gasteiger partial charge in [0.05, 0.1) is 17.4 Å². The first-order chi connectivity index (χ1) is 8.83. The van der Waals surface area contributed by atoms with Crippen LogP contribution < -0.4 is 10.6 Å². The third kappa shape index (κ3) is 2.29. The molecular formula is C14H18N4. The third-order valence-corrected chi connectivity index (χ3v) is 3.53. The minimum atomic E-state index is 0.522. The quantitative estimate of drug-likeness (QED) is 0.847. The Kier molecular flexibility index (Phi) is 3.11. The van der Waals surface area contributed by atoms with Crippen molar-refractivity contribution in [3.05, 3.63) is 30.5 Å². The summed E-state index contributed by atoms with van der Waals surface area (Å²) in [6, 6.07) is 9.23. The Bertz CT molecular complexity index is 535. The maximum atomic E-state index is 4.15. The molecule has 1 aromatic heterocycles. The van der Waals surface area contributed by atoms with Gasteiger partial charge in [0.25, 0.3) is 0 Å². The van der Waals surface area contributed by atoms with E-state index in [0.717, 1.165) is 36.0 Å². The molecule has 2 N–H and O–H groups in total. The van der Waals surface area contributed by atoms with E-state index in [-0.39, 0.29) is 0 Å². The number of rotatable bonds is 2. The van der Waals surface area contributed by atoms with Crippen molar-refractivity contribution < 1.29 is 0 Å². The molecule has 3 rings (SSSR count). The Hall–Kier alpha value is -1.68. The zero-order valence-corrected chi connectivity index (χ0v) is 10.6. The minimum absolute atomic E-state index is 0.522. The zero-order chi connectivity index (χ0) is 12.4. The van der Waals surface area contributed by atoms with Gasteiger partial charge in [0.15, 0.2) is 0 Å². The number of piperidine rings is 1. The average Bonchev–Trinajstić information content (AvgIpc) is 2.39. The monoisotopic (exact) mass is 242 g/mol. The average molecular weight is 242 g/mol. The Morgan fingerprint density at radius 2 is 2.22 bits per heavy atom. The predicted molar refractivity (Wildman–Crippen MR) is 73.6 cm³/mol. The predicted octanol–water partition coefficient (Wildman–Crippen LogP) is 2.18. The molecule has 1 aliphatic heterocycles. The van der Waals surface area contributed by atoms with Crippen molar-refractivity contribution in [1.29, 1.82) is 0 Å². The molecule has 2 heterocycles. The summed E-state index contributed by atoms with van der Waals surface area (Å²) in [5, 5.41) is 16.4. The highest BCUT2D eigenvalue weighted by atomic mass is 15.1. The molecule has 1 aromatic carbocycles. The zero-order valence-electron chi connectivity index (χ0n) is 10.6. The van der Waals surface area contributed by atoms with Crippen molar-refractivity contribution >= 4 is 16.6 Å². The van der Waals surface area contributed by atoms with Crippen LogP contribution in [-0.2, 0) is 0 Å². The van der Waals surface area contributed by atoms with Crippen molar-refractivity contribution in [2.24, 2.45) is 0 Å². The molecule has 0 radical (unpaired) electrons. The lowest BCUT2D eigenvalue weighted by molar-refractivity contribution is 0.396. The lowest BCUT2D eigenvalue weighted by atomic mass is 10.0. The second-order valence-corrected chi connectivity index (χ2v) is 5.00. The summed E-state index contributed by atoms with van der Waals surface area (Å²) in [5.74, 6) is 0. The van der Waals surface area contributed by atoms with Crippen molar-refractivity contribution in [3.63, 3.8) is 0 Å². The lowest BCUT2D eigenvalue weighted by Crippen LogP contribution is -2.41. The highest BCUT2D eigenvalue weighted by Gasteiger charge is 2.18. The maximum Gasteiger partial charge on any atom is 0.0950 e. The van der Waals surface area contributed by atoms with Crippen molar-refractivity contribution in [3.8, 4) is 0 Å². The van der Waals surface area contributed by atoms with E-state index in [1.807, 2.05) is 24.4 Å². The van der Waals surface area contributed by atoms with Crippen LogP contribution in [0.5, 0.6) is 0 Å². The van der Waals surface area contributed by atoms with Gasteiger partial charge in [0, 0.05) is 17.5 Å². The lowest BCUT2D eigenvalue weighted by Gasteiger charge is -2.29. The van der Waals surface area contributed by atoms with E-state index in [9.17, 15) is 0 Å². The van der Waals surface area contributed by atoms with Gasteiger partial charge in [-0.05, 0) is 32.4 Å². The molecule has 0 amide bonds. The van der Waals surface area contributed by atoms with Crippen molar-refractivity contribution in [1.82, 2.24) is 15.5 Å². The maximum absolute atomic E-state index is 4.15. The van der Waals surface area contributed by atoms with Gasteiger partial charge in [0.2, 0.25) is 0 Å². The van der Waals surface area contributed by atoms with E-state index in [2.05, 4.69) is 33.8 Å². The van der Waals surface area contributed by atoms with Gasteiger partial charge in [-0.15, -0.1) is 0 Å². The van der Waals surface area contributed by atoms with Gasteiger partial charge in [-0.1, -0.05) is 18.2 Å². The Balaban J connectivity index is 1.86.